The normalized spacial score (nSPS) is 11.3. The summed E-state index contributed by atoms with van der Waals surface area (Å²) in [7, 11) is 0. The van der Waals surface area contributed by atoms with Gasteiger partial charge in [0.05, 0.1) is 16.3 Å². The van der Waals surface area contributed by atoms with Gasteiger partial charge >= 0.3 is 11.9 Å². The number of hydrogen-bond acceptors (Lipinski definition) is 6. The van der Waals surface area contributed by atoms with Crippen LogP contribution in [-0.4, -0.2) is 30.8 Å². The van der Waals surface area contributed by atoms with Crippen molar-refractivity contribution in [2.75, 3.05) is 5.32 Å². The number of anilines is 1. The molecule has 0 unspecified atom stereocenters. The quantitative estimate of drug-likeness (QED) is 0.475. The van der Waals surface area contributed by atoms with Gasteiger partial charge in [-0.05, 0) is 19.1 Å². The lowest BCUT2D eigenvalue weighted by molar-refractivity contribution is -0.386. The number of aromatic amines is 1. The average Bonchev–Trinajstić information content (AvgIpc) is 3.27. The summed E-state index contributed by atoms with van der Waals surface area (Å²) in [5.74, 6) is -0.882. The first-order chi connectivity index (χ1) is 13.7. The Morgan fingerprint density at radius 1 is 1.34 bits per heavy atom. The summed E-state index contributed by atoms with van der Waals surface area (Å²) in [5, 5.41) is 22.3. The summed E-state index contributed by atoms with van der Waals surface area (Å²) in [6.07, 6.45) is -3.40. The highest BCUT2D eigenvalue weighted by atomic mass is 19.4. The minimum Gasteiger partial charge on any atom is -0.464 e. The number of halogens is 3. The summed E-state index contributed by atoms with van der Waals surface area (Å²) in [4.78, 5) is 22.6. The van der Waals surface area contributed by atoms with E-state index in [4.69, 9.17) is 4.74 Å². The Morgan fingerprint density at radius 3 is 2.76 bits per heavy atom. The Morgan fingerprint density at radius 2 is 2.07 bits per heavy atom. The predicted molar refractivity (Wildman–Crippen MR) is 92.2 cm³/mol. The van der Waals surface area contributed by atoms with Crippen LogP contribution in [0, 0.1) is 17.0 Å². The van der Waals surface area contributed by atoms with Gasteiger partial charge in [-0.2, -0.15) is 23.4 Å². The van der Waals surface area contributed by atoms with Gasteiger partial charge in [0.15, 0.2) is 23.9 Å². The number of carbonyl (C=O) groups is 1. The Labute approximate surface area is 160 Å². The van der Waals surface area contributed by atoms with E-state index >= 15 is 0 Å². The molecule has 13 heteroatoms. The number of nitrogens with zero attached hydrogens (tertiary/aromatic N) is 4. The maximum Gasteiger partial charge on any atom is 0.437 e. The summed E-state index contributed by atoms with van der Waals surface area (Å²) in [5.41, 5.74) is -2.13. The largest absolute Gasteiger partial charge is 0.464 e. The third kappa shape index (κ3) is 4.34. The number of nitrogens with one attached hydrogen (secondary N) is 2. The van der Waals surface area contributed by atoms with E-state index in [2.05, 4.69) is 20.6 Å². The fourth-order valence-electron chi connectivity index (χ4n) is 2.39. The highest BCUT2D eigenvalue weighted by Gasteiger charge is 2.38. The van der Waals surface area contributed by atoms with Crippen LogP contribution in [0.25, 0.3) is 0 Å². The van der Waals surface area contributed by atoms with E-state index in [9.17, 15) is 28.1 Å². The number of aromatic nitrogens is 4. The highest BCUT2D eigenvalue weighted by Crippen LogP contribution is 2.34. The van der Waals surface area contributed by atoms with Gasteiger partial charge < -0.3 is 10.1 Å². The number of aryl methyl sites for hydroxylation is 1. The van der Waals surface area contributed by atoms with E-state index in [1.165, 1.54) is 42.1 Å². The number of carbonyl (C=O) groups excluding carboxylic acids is 1. The van der Waals surface area contributed by atoms with Gasteiger partial charge in [-0.3, -0.25) is 20.0 Å². The number of nitro benzene ring substituents is 1. The third-order valence-electron chi connectivity index (χ3n) is 3.74. The molecule has 0 atom stereocenters. The number of para-hydroxylation sites is 2. The fourth-order valence-corrected chi connectivity index (χ4v) is 2.39. The van der Waals surface area contributed by atoms with Crippen molar-refractivity contribution in [3.8, 4) is 5.75 Å². The van der Waals surface area contributed by atoms with Gasteiger partial charge in [0.2, 0.25) is 0 Å². The minimum atomic E-state index is -4.75. The number of nitro groups is 1. The van der Waals surface area contributed by atoms with Gasteiger partial charge in [0.1, 0.15) is 0 Å². The molecule has 0 aliphatic carbocycles. The lowest BCUT2D eigenvalue weighted by Gasteiger charge is -2.08. The molecular formula is C16H13F3N6O4. The molecule has 1 amide bonds. The number of benzene rings is 1. The van der Waals surface area contributed by atoms with E-state index in [-0.39, 0.29) is 29.6 Å². The Bertz CT molecular complexity index is 1060. The smallest absolute Gasteiger partial charge is 0.437 e. The molecule has 0 spiro atoms. The predicted octanol–water partition coefficient (Wildman–Crippen LogP) is 3.13. The van der Waals surface area contributed by atoms with Crippen LogP contribution in [0.4, 0.5) is 24.5 Å². The number of amides is 1. The maximum absolute atomic E-state index is 13.0. The van der Waals surface area contributed by atoms with E-state index in [1.54, 1.807) is 6.07 Å². The van der Waals surface area contributed by atoms with Crippen molar-refractivity contribution in [1.82, 2.24) is 20.0 Å². The molecule has 0 bridgehead atoms. The van der Waals surface area contributed by atoms with Crippen LogP contribution in [0.5, 0.6) is 5.75 Å². The van der Waals surface area contributed by atoms with Crippen molar-refractivity contribution in [3.05, 3.63) is 63.7 Å². The van der Waals surface area contributed by atoms with Crippen molar-refractivity contribution in [2.24, 2.45) is 0 Å². The van der Waals surface area contributed by atoms with E-state index in [0.29, 0.717) is 0 Å². The molecule has 0 aliphatic rings. The lowest BCUT2D eigenvalue weighted by Crippen LogP contribution is -2.17. The molecule has 152 valence electrons. The second-order valence-electron chi connectivity index (χ2n) is 5.76. The van der Waals surface area contributed by atoms with E-state index < -0.39 is 28.4 Å². The minimum absolute atomic E-state index is 0.00263. The molecule has 0 saturated heterocycles. The van der Waals surface area contributed by atoms with Crippen molar-refractivity contribution in [2.45, 2.75) is 19.8 Å². The average molecular weight is 410 g/mol. The molecule has 2 N–H and O–H groups in total. The summed E-state index contributed by atoms with van der Waals surface area (Å²) in [6.45, 7) is 1.08. The van der Waals surface area contributed by atoms with Crippen molar-refractivity contribution < 1.29 is 27.6 Å². The van der Waals surface area contributed by atoms with Crippen LogP contribution in [0.3, 0.4) is 0 Å². The third-order valence-corrected chi connectivity index (χ3v) is 3.74. The van der Waals surface area contributed by atoms with Crippen LogP contribution < -0.4 is 10.1 Å². The van der Waals surface area contributed by atoms with E-state index in [0.717, 1.165) is 0 Å². The van der Waals surface area contributed by atoms with Crippen molar-refractivity contribution in [1.29, 1.82) is 0 Å². The molecular weight excluding hydrogens is 397 g/mol. The molecule has 10 nitrogen and oxygen atoms in total. The lowest BCUT2D eigenvalue weighted by atomic mass is 10.2. The number of hydrogen-bond donors (Lipinski definition) is 2. The van der Waals surface area contributed by atoms with Gasteiger partial charge in [-0.25, -0.2) is 4.68 Å². The summed E-state index contributed by atoms with van der Waals surface area (Å²) >= 11 is 0. The standard InChI is InChI=1S/C16H13F3N6O4/c1-9-13(14(22-21-9)16(17,18)19)20-15(26)10-6-7-24(23-10)8-29-12-5-3-2-4-11(12)25(27)28/h2-7H,8H2,1H3,(H,20,26)(H,21,22). The zero-order chi connectivity index (χ0) is 21.2. The van der Waals surface area contributed by atoms with Gasteiger partial charge in [0, 0.05) is 12.3 Å². The van der Waals surface area contributed by atoms with Gasteiger partial charge in [-0.15, -0.1) is 0 Å². The zero-order valence-corrected chi connectivity index (χ0v) is 14.7. The summed E-state index contributed by atoms with van der Waals surface area (Å²) in [6, 6.07) is 6.96. The highest BCUT2D eigenvalue weighted by molar-refractivity contribution is 6.03. The molecule has 2 heterocycles. The number of alkyl halides is 3. The first-order valence-corrected chi connectivity index (χ1v) is 8.00. The Kier molecular flexibility index (Phi) is 5.21. The molecule has 1 aromatic carbocycles. The number of ether oxygens (including phenoxy) is 1. The van der Waals surface area contributed by atoms with Gasteiger partial charge in [-0.1, -0.05) is 12.1 Å². The fraction of sp³-hybridized carbons (Fsp3) is 0.188. The van der Waals surface area contributed by atoms with Crippen molar-refractivity contribution >= 4 is 17.3 Å². The van der Waals surface area contributed by atoms with Crippen LogP contribution in [0.1, 0.15) is 21.9 Å². The topological polar surface area (TPSA) is 128 Å². The van der Waals surface area contributed by atoms with Crippen LogP contribution in [0.2, 0.25) is 0 Å². The van der Waals surface area contributed by atoms with Crippen molar-refractivity contribution in [3.63, 3.8) is 0 Å². The molecule has 0 aliphatic heterocycles. The molecule has 3 rings (SSSR count). The maximum atomic E-state index is 13.0. The molecule has 0 radical (unpaired) electrons. The van der Waals surface area contributed by atoms with Crippen LogP contribution in [0.15, 0.2) is 36.5 Å². The second kappa shape index (κ2) is 7.61. The molecule has 2 aromatic heterocycles. The second-order valence-corrected chi connectivity index (χ2v) is 5.76. The van der Waals surface area contributed by atoms with E-state index in [1.807, 2.05) is 0 Å². The molecule has 0 fully saturated rings. The molecule has 29 heavy (non-hydrogen) atoms. The zero-order valence-electron chi connectivity index (χ0n) is 14.7. The summed E-state index contributed by atoms with van der Waals surface area (Å²) < 4.78 is 45.3. The number of rotatable bonds is 6. The molecule has 3 aromatic rings. The van der Waals surface area contributed by atoms with Gasteiger partial charge in [0.25, 0.3) is 5.91 Å². The monoisotopic (exact) mass is 410 g/mol. The molecule has 0 saturated carbocycles. The first kappa shape index (κ1) is 19.9. The number of H-pyrrole nitrogens is 1. The SMILES string of the molecule is Cc1[nH]nc(C(F)(F)F)c1NC(=O)c1ccn(COc2ccccc2[N+](=O)[O-])n1. The first-order valence-electron chi connectivity index (χ1n) is 8.00. The Balaban J connectivity index is 1.70. The Hall–Kier alpha value is -3.90. The van der Waals surface area contributed by atoms with Crippen LogP contribution in [-0.2, 0) is 12.9 Å². The van der Waals surface area contributed by atoms with Crippen LogP contribution >= 0.6 is 0 Å².